The maximum atomic E-state index is 5.81. The number of aromatic nitrogens is 6. The van der Waals surface area contributed by atoms with Crippen LogP contribution in [0.1, 0.15) is 0 Å². The van der Waals surface area contributed by atoms with E-state index < -0.39 is 0 Å². The molecule has 16 aromatic rings. The van der Waals surface area contributed by atoms with E-state index in [0.29, 0.717) is 0 Å². The zero-order valence-corrected chi connectivity index (χ0v) is 37.6. The average Bonchev–Trinajstić information content (AvgIpc) is 4.15. The van der Waals surface area contributed by atoms with Gasteiger partial charge in [-0.05, 0) is 78.4 Å². The Kier molecular flexibility index (Phi) is 7.52. The Morgan fingerprint density at radius 1 is 0.300 bits per heavy atom. The van der Waals surface area contributed by atoms with Gasteiger partial charge in [-0.25, -0.2) is 4.98 Å². The van der Waals surface area contributed by atoms with Crippen LogP contribution < -0.4 is 0 Å². The van der Waals surface area contributed by atoms with Gasteiger partial charge in [-0.15, -0.1) is 0 Å². The van der Waals surface area contributed by atoms with Gasteiger partial charge in [0.15, 0.2) is 0 Å². The van der Waals surface area contributed by atoms with E-state index in [1.165, 1.54) is 43.1 Å². The molecule has 0 amide bonds. The molecular formula is C64H38N6. The van der Waals surface area contributed by atoms with Crippen molar-refractivity contribution in [1.82, 2.24) is 28.1 Å². The fourth-order valence-corrected chi connectivity index (χ4v) is 12.2. The molecular weight excluding hydrogens is 853 g/mol. The third-order valence-corrected chi connectivity index (χ3v) is 15.0. The van der Waals surface area contributed by atoms with Gasteiger partial charge in [0, 0.05) is 66.4 Å². The maximum Gasteiger partial charge on any atom is 0.0827 e. The second kappa shape index (κ2) is 14.0. The molecule has 0 radical (unpaired) electrons. The molecule has 0 fully saturated rings. The fourth-order valence-electron chi connectivity index (χ4n) is 12.2. The number of hydrogen-bond donors (Lipinski definition) is 0. The lowest BCUT2D eigenvalue weighted by atomic mass is 9.95. The molecule has 70 heavy (non-hydrogen) atoms. The van der Waals surface area contributed by atoms with Gasteiger partial charge in [0.25, 0.3) is 0 Å². The molecule has 0 aliphatic carbocycles. The van der Waals surface area contributed by atoms with Crippen molar-refractivity contribution < 1.29 is 0 Å². The first kappa shape index (κ1) is 37.6. The molecule has 0 N–H and O–H groups in total. The van der Waals surface area contributed by atoms with Crippen molar-refractivity contribution in [2.24, 2.45) is 0 Å². The van der Waals surface area contributed by atoms with E-state index in [-0.39, 0.29) is 0 Å². The Morgan fingerprint density at radius 2 is 0.700 bits per heavy atom. The standard InChI is InChI=1S/C64H38N6/c1-8-25-51-41(16-1)42-17-2-9-26-52(42)67(51)61-59(39-34-36-65-37-35-39)62(68-53-27-10-3-18-43(53)44-19-4-11-28-54(44)68)64-60(63(61)69-55-29-12-5-20-45(55)46-21-6-13-30-56(46)69)50-24-15-23-49(66-50)40-32-33-48-47-22-7-14-31-57(47)70(64)58(48)38-40/h1-38H. The molecule has 0 atom stereocenters. The summed E-state index contributed by atoms with van der Waals surface area (Å²) in [7, 11) is 0. The summed E-state index contributed by atoms with van der Waals surface area (Å²) in [5, 5.41) is 11.6. The van der Waals surface area contributed by atoms with Crippen LogP contribution in [0, 0.1) is 0 Å². The molecule has 16 rings (SSSR count). The van der Waals surface area contributed by atoms with Gasteiger partial charge in [-0.1, -0.05) is 146 Å². The minimum Gasteiger partial charge on any atom is -0.306 e. The van der Waals surface area contributed by atoms with Crippen molar-refractivity contribution in [3.05, 3.63) is 231 Å². The van der Waals surface area contributed by atoms with E-state index in [9.17, 15) is 0 Å². The van der Waals surface area contributed by atoms with Crippen molar-refractivity contribution in [2.75, 3.05) is 0 Å². The molecule has 0 saturated carbocycles. The lowest BCUT2D eigenvalue weighted by molar-refractivity contribution is 1.09. The summed E-state index contributed by atoms with van der Waals surface area (Å²) < 4.78 is 10.2. The van der Waals surface area contributed by atoms with Crippen LogP contribution in [0.4, 0.5) is 0 Å². The van der Waals surface area contributed by atoms with Gasteiger partial charge in [0.05, 0.1) is 83.1 Å². The van der Waals surface area contributed by atoms with Gasteiger partial charge in [-0.2, -0.15) is 0 Å². The molecule has 0 aliphatic heterocycles. The summed E-state index contributed by atoms with van der Waals surface area (Å²) in [5.74, 6) is 0. The van der Waals surface area contributed by atoms with Crippen molar-refractivity contribution in [3.63, 3.8) is 0 Å². The molecule has 6 nitrogen and oxygen atoms in total. The van der Waals surface area contributed by atoms with Gasteiger partial charge >= 0.3 is 0 Å². The molecule has 7 heterocycles. The molecule has 6 heteroatoms. The molecule has 0 spiro atoms. The van der Waals surface area contributed by atoms with Crippen molar-refractivity contribution in [1.29, 1.82) is 0 Å². The first-order chi connectivity index (χ1) is 34.8. The summed E-state index contributed by atoms with van der Waals surface area (Å²) in [6.45, 7) is 0. The predicted octanol–water partition coefficient (Wildman–Crippen LogP) is 16.3. The monoisotopic (exact) mass is 890 g/mol. The van der Waals surface area contributed by atoms with Gasteiger partial charge < -0.3 is 18.1 Å². The van der Waals surface area contributed by atoms with Crippen LogP contribution in [0.15, 0.2) is 231 Å². The second-order valence-corrected chi connectivity index (χ2v) is 18.5. The summed E-state index contributed by atoms with van der Waals surface area (Å²) in [4.78, 5) is 10.5. The number of benzene rings is 9. The van der Waals surface area contributed by atoms with Gasteiger partial charge in [-0.3, -0.25) is 4.98 Å². The van der Waals surface area contributed by atoms with Crippen molar-refractivity contribution >= 4 is 115 Å². The molecule has 9 aromatic carbocycles. The number of para-hydroxylation sites is 7. The molecule has 324 valence electrons. The van der Waals surface area contributed by atoms with Crippen molar-refractivity contribution in [2.45, 2.75) is 0 Å². The van der Waals surface area contributed by atoms with E-state index in [1.807, 2.05) is 12.4 Å². The van der Waals surface area contributed by atoms with Crippen molar-refractivity contribution in [3.8, 4) is 28.2 Å². The molecule has 0 aliphatic rings. The summed E-state index contributed by atoms with van der Waals surface area (Å²) >= 11 is 0. The highest BCUT2D eigenvalue weighted by molar-refractivity contribution is 6.23. The van der Waals surface area contributed by atoms with Crippen LogP contribution in [0.5, 0.6) is 0 Å². The summed E-state index contributed by atoms with van der Waals surface area (Å²) in [6.07, 6.45) is 3.89. The normalized spacial score (nSPS) is 12.3. The smallest absolute Gasteiger partial charge is 0.0827 e. The summed E-state index contributed by atoms with van der Waals surface area (Å²) in [5.41, 5.74) is 16.9. The third kappa shape index (κ3) is 4.90. The Labute approximate surface area is 399 Å². The molecule has 4 bridgehead atoms. The van der Waals surface area contributed by atoms with Crippen LogP contribution in [0.3, 0.4) is 0 Å². The quantitative estimate of drug-likeness (QED) is 0.177. The highest BCUT2D eigenvalue weighted by Crippen LogP contribution is 2.51. The van der Waals surface area contributed by atoms with E-state index in [1.54, 1.807) is 0 Å². The van der Waals surface area contributed by atoms with Crippen LogP contribution in [-0.4, -0.2) is 28.1 Å². The number of rotatable bonds is 4. The largest absolute Gasteiger partial charge is 0.306 e. The molecule has 7 aromatic heterocycles. The number of hydrogen-bond acceptors (Lipinski definition) is 2. The lowest BCUT2D eigenvalue weighted by Gasteiger charge is -2.27. The molecule has 0 unspecified atom stereocenters. The van der Waals surface area contributed by atoms with Gasteiger partial charge in [0.1, 0.15) is 0 Å². The second-order valence-electron chi connectivity index (χ2n) is 18.5. The maximum absolute atomic E-state index is 5.81. The minimum atomic E-state index is 0.878. The topological polar surface area (TPSA) is 45.0 Å². The van der Waals surface area contributed by atoms with Crippen LogP contribution in [0.25, 0.3) is 143 Å². The number of fused-ring (bicyclic) bond motifs is 19. The molecule has 0 saturated heterocycles. The Balaban J connectivity index is 1.36. The van der Waals surface area contributed by atoms with Crippen LogP contribution in [-0.2, 0) is 0 Å². The van der Waals surface area contributed by atoms with E-state index in [4.69, 9.17) is 9.97 Å². The Morgan fingerprint density at radius 3 is 1.20 bits per heavy atom. The third-order valence-electron chi connectivity index (χ3n) is 15.0. The fraction of sp³-hybridized carbons (Fsp3) is 0. The van der Waals surface area contributed by atoms with Gasteiger partial charge in [0.2, 0.25) is 0 Å². The van der Waals surface area contributed by atoms with Crippen LogP contribution in [0.2, 0.25) is 0 Å². The zero-order valence-electron chi connectivity index (χ0n) is 37.6. The Bertz CT molecular complexity index is 4730. The number of nitrogens with zero attached hydrogens (tertiary/aromatic N) is 6. The highest BCUT2D eigenvalue weighted by Gasteiger charge is 2.32. The highest BCUT2D eigenvalue weighted by atomic mass is 15.1. The number of pyridine rings is 2. The average molecular weight is 891 g/mol. The first-order valence-electron chi connectivity index (χ1n) is 23.9. The summed E-state index contributed by atoms with van der Waals surface area (Å²) in [6, 6.07) is 80.2. The minimum absolute atomic E-state index is 0.878. The lowest BCUT2D eigenvalue weighted by Crippen LogP contribution is -2.12. The van der Waals surface area contributed by atoms with Crippen LogP contribution >= 0.6 is 0 Å². The SMILES string of the molecule is c1cc2nc(c1)c1c(-n3c4ccccc4c4ccccc43)c(-n3c4ccccc4c4ccccc43)c(-c3ccncc3)c(-n3c4ccccc4c4ccccc43)c1n1c3ccccc3c3ccc2cc31. The van der Waals surface area contributed by atoms with E-state index >= 15 is 0 Å². The first-order valence-corrected chi connectivity index (χ1v) is 23.9. The zero-order chi connectivity index (χ0) is 45.6. The predicted molar refractivity (Wildman–Crippen MR) is 291 cm³/mol. The van der Waals surface area contributed by atoms with E-state index in [2.05, 4.69) is 236 Å². The van der Waals surface area contributed by atoms with E-state index in [0.717, 1.165) is 99.6 Å². The Hall–Kier alpha value is -9.52.